The Kier molecular flexibility index (Phi) is 8.27. The van der Waals surface area contributed by atoms with Crippen LogP contribution in [-0.4, -0.2) is 42.7 Å². The molecular formula is C32H35ClFN2O3. The third-order valence-corrected chi connectivity index (χ3v) is 8.37. The summed E-state index contributed by atoms with van der Waals surface area (Å²) in [6.45, 7) is 6.05. The van der Waals surface area contributed by atoms with Crippen LogP contribution in [0.5, 0.6) is 5.75 Å². The summed E-state index contributed by atoms with van der Waals surface area (Å²) in [6, 6.07) is 16.4. The predicted molar refractivity (Wildman–Crippen MR) is 152 cm³/mol. The molecule has 0 aliphatic carbocycles. The first-order chi connectivity index (χ1) is 18.9. The second-order valence-corrected chi connectivity index (χ2v) is 11.0. The molecule has 0 saturated carbocycles. The molecule has 7 heteroatoms. The van der Waals surface area contributed by atoms with Gasteiger partial charge in [-0.05, 0) is 72.8 Å². The van der Waals surface area contributed by atoms with Crippen LogP contribution in [0.3, 0.4) is 0 Å². The average Bonchev–Trinajstić information content (AvgIpc) is 3.41. The van der Waals surface area contributed by atoms with E-state index >= 15 is 0 Å². The van der Waals surface area contributed by atoms with Gasteiger partial charge >= 0.3 is 0 Å². The molecule has 2 N–H and O–H groups in total. The number of hydrogen-bond acceptors (Lipinski definition) is 4. The highest BCUT2D eigenvalue weighted by Crippen LogP contribution is 2.46. The molecule has 3 aromatic carbocycles. The molecule has 1 saturated heterocycles. The summed E-state index contributed by atoms with van der Waals surface area (Å²) in [4.78, 5) is 15.1. The number of aliphatic hydroxyl groups is 1. The molecule has 0 bridgehead atoms. The van der Waals surface area contributed by atoms with Crippen LogP contribution in [0.15, 0.2) is 54.6 Å². The molecule has 205 valence electrons. The molecule has 0 aromatic heterocycles. The number of hydrogen-bond donors (Lipinski definition) is 2. The number of carbonyl (C=O) groups excluding carboxylic acids is 1. The smallest absolute Gasteiger partial charge is 0.256 e. The van der Waals surface area contributed by atoms with Gasteiger partial charge in [0.2, 0.25) is 0 Å². The van der Waals surface area contributed by atoms with Crippen LogP contribution in [-0.2, 0) is 18.6 Å². The maximum atomic E-state index is 14.9. The Morgan fingerprint density at radius 1 is 1.26 bits per heavy atom. The fourth-order valence-electron chi connectivity index (χ4n) is 6.10. The molecular weight excluding hydrogens is 515 g/mol. The zero-order chi connectivity index (χ0) is 27.6. The van der Waals surface area contributed by atoms with E-state index in [2.05, 4.69) is 18.3 Å². The zero-order valence-electron chi connectivity index (χ0n) is 22.3. The van der Waals surface area contributed by atoms with Crippen LogP contribution in [0.4, 0.5) is 4.39 Å². The van der Waals surface area contributed by atoms with Crippen molar-refractivity contribution >= 4 is 17.5 Å². The molecule has 5 nitrogen and oxygen atoms in total. The summed E-state index contributed by atoms with van der Waals surface area (Å²) in [5.41, 5.74) is 3.08. The lowest BCUT2D eigenvalue weighted by atomic mass is 9.72. The van der Waals surface area contributed by atoms with Crippen molar-refractivity contribution in [2.24, 2.45) is 5.92 Å². The number of likely N-dealkylation sites (tertiary alicyclic amines) is 1. The van der Waals surface area contributed by atoms with Crippen molar-refractivity contribution < 1.29 is 19.0 Å². The number of benzene rings is 3. The Morgan fingerprint density at radius 2 is 2.10 bits per heavy atom. The van der Waals surface area contributed by atoms with Gasteiger partial charge < -0.3 is 20.1 Å². The van der Waals surface area contributed by atoms with Crippen molar-refractivity contribution in [3.63, 3.8) is 0 Å². The molecule has 0 spiro atoms. The van der Waals surface area contributed by atoms with Crippen LogP contribution in [0, 0.1) is 18.7 Å². The number of carbonyl (C=O) groups is 1. The first kappa shape index (κ1) is 27.6. The maximum Gasteiger partial charge on any atom is 0.256 e. The third kappa shape index (κ3) is 5.43. The molecule has 2 heterocycles. The van der Waals surface area contributed by atoms with E-state index in [1.165, 1.54) is 6.07 Å². The Morgan fingerprint density at radius 3 is 2.87 bits per heavy atom. The number of nitrogens with zero attached hydrogens (tertiary/aromatic N) is 1. The summed E-state index contributed by atoms with van der Waals surface area (Å²) < 4.78 is 20.7. The van der Waals surface area contributed by atoms with Gasteiger partial charge in [-0.2, -0.15) is 0 Å². The monoisotopic (exact) mass is 549 g/mol. The second kappa shape index (κ2) is 11.7. The molecule has 5 rings (SSSR count). The van der Waals surface area contributed by atoms with Gasteiger partial charge in [0.05, 0.1) is 17.8 Å². The van der Waals surface area contributed by atoms with Gasteiger partial charge in [0.25, 0.3) is 5.91 Å². The van der Waals surface area contributed by atoms with Gasteiger partial charge in [0.15, 0.2) is 0 Å². The first-order valence-corrected chi connectivity index (χ1v) is 14.0. The summed E-state index contributed by atoms with van der Waals surface area (Å²) in [7, 11) is 1.79. The quantitative estimate of drug-likeness (QED) is 0.353. The van der Waals surface area contributed by atoms with Crippen molar-refractivity contribution in [2.75, 3.05) is 26.7 Å². The van der Waals surface area contributed by atoms with Crippen LogP contribution in [0.2, 0.25) is 5.02 Å². The number of amides is 1. The summed E-state index contributed by atoms with van der Waals surface area (Å²) in [5.74, 6) is -0.311. The van der Waals surface area contributed by atoms with Gasteiger partial charge in [0.1, 0.15) is 11.6 Å². The van der Waals surface area contributed by atoms with E-state index < -0.39 is 11.4 Å². The molecule has 2 unspecified atom stereocenters. The number of piperidine rings is 1. The van der Waals surface area contributed by atoms with E-state index in [4.69, 9.17) is 16.3 Å². The van der Waals surface area contributed by atoms with Gasteiger partial charge in [-0.1, -0.05) is 55.3 Å². The lowest BCUT2D eigenvalue weighted by Gasteiger charge is -2.43. The normalized spacial score (nSPS) is 18.4. The van der Waals surface area contributed by atoms with Crippen molar-refractivity contribution in [1.29, 1.82) is 0 Å². The van der Waals surface area contributed by atoms with Gasteiger partial charge in [-0.25, -0.2) is 4.39 Å². The van der Waals surface area contributed by atoms with E-state index in [0.29, 0.717) is 50.5 Å². The minimum absolute atomic E-state index is 0.0535. The Balaban J connectivity index is 1.48. The molecule has 39 heavy (non-hydrogen) atoms. The minimum Gasteiger partial charge on any atom is -0.493 e. The lowest BCUT2D eigenvalue weighted by Crippen LogP contribution is -2.48. The second-order valence-electron chi connectivity index (χ2n) is 10.5. The van der Waals surface area contributed by atoms with Crippen LogP contribution in [0.25, 0.3) is 11.1 Å². The molecule has 3 aromatic rings. The molecule has 2 aliphatic rings. The Labute approximate surface area is 234 Å². The van der Waals surface area contributed by atoms with Crippen LogP contribution in [0.1, 0.15) is 52.7 Å². The summed E-state index contributed by atoms with van der Waals surface area (Å²) in [6.07, 6.45) is 3.21. The minimum atomic E-state index is -1.28. The first-order valence-electron chi connectivity index (χ1n) is 13.6. The van der Waals surface area contributed by atoms with Crippen molar-refractivity contribution in [1.82, 2.24) is 10.2 Å². The molecule has 2 aliphatic heterocycles. The van der Waals surface area contributed by atoms with Gasteiger partial charge in [-0.15, -0.1) is 0 Å². The van der Waals surface area contributed by atoms with Gasteiger partial charge in [0, 0.05) is 42.6 Å². The predicted octanol–water partition coefficient (Wildman–Crippen LogP) is 6.15. The SMILES string of the molecule is [CH2]CCC(O)(c1cccc(Cl)c1-c1ccc2c(c1)OCC2)C1CCCN(C(=O)c2ccc(CNC)cc2F)C1. The molecule has 2 atom stereocenters. The highest BCUT2D eigenvalue weighted by molar-refractivity contribution is 6.33. The fourth-order valence-corrected chi connectivity index (χ4v) is 6.38. The molecule has 1 fully saturated rings. The van der Waals surface area contributed by atoms with Crippen molar-refractivity contribution in [2.45, 2.75) is 44.2 Å². The van der Waals surface area contributed by atoms with Gasteiger partial charge in [-0.3, -0.25) is 4.79 Å². The lowest BCUT2D eigenvalue weighted by molar-refractivity contribution is -0.0546. The Bertz CT molecular complexity index is 1360. The van der Waals surface area contributed by atoms with E-state index in [9.17, 15) is 14.3 Å². The topological polar surface area (TPSA) is 61.8 Å². The Hall–Kier alpha value is -2.93. The molecule has 1 amide bonds. The van der Waals surface area contributed by atoms with E-state index in [0.717, 1.165) is 46.4 Å². The fraction of sp³-hybridized carbons (Fsp3) is 0.375. The number of fused-ring (bicyclic) bond motifs is 1. The largest absolute Gasteiger partial charge is 0.493 e. The summed E-state index contributed by atoms with van der Waals surface area (Å²) in [5, 5.41) is 16.0. The number of halogens is 2. The third-order valence-electron chi connectivity index (χ3n) is 8.05. The highest BCUT2D eigenvalue weighted by atomic mass is 35.5. The van der Waals surface area contributed by atoms with E-state index in [1.807, 2.05) is 30.3 Å². The number of rotatable bonds is 8. The number of nitrogens with one attached hydrogen (secondary N) is 1. The maximum absolute atomic E-state index is 14.9. The van der Waals surface area contributed by atoms with Crippen LogP contribution < -0.4 is 10.1 Å². The zero-order valence-corrected chi connectivity index (χ0v) is 23.1. The van der Waals surface area contributed by atoms with Crippen molar-refractivity contribution in [3.8, 4) is 16.9 Å². The number of ether oxygens (including phenoxy) is 1. The van der Waals surface area contributed by atoms with E-state index in [1.54, 1.807) is 24.1 Å². The average molecular weight is 550 g/mol. The standard InChI is InChI=1S/C32H35ClFN2O3/c1-3-14-32(38,26-7-4-8-27(33)30(26)23-11-10-22-13-16-39-29(22)18-23)24-6-5-15-36(20-24)31(37)25-12-9-21(19-35-2)17-28(25)34/h4,7-12,17-18,24,35,38H,1,3,5-6,13-16,19-20H2,2H3. The highest BCUT2D eigenvalue weighted by Gasteiger charge is 2.43. The summed E-state index contributed by atoms with van der Waals surface area (Å²) >= 11 is 6.79. The van der Waals surface area contributed by atoms with Crippen LogP contribution >= 0.6 is 11.6 Å². The van der Waals surface area contributed by atoms with E-state index in [-0.39, 0.29) is 17.4 Å². The molecule has 1 radical (unpaired) electrons. The van der Waals surface area contributed by atoms with Crippen molar-refractivity contribution in [3.05, 3.63) is 94.6 Å².